The predicted octanol–water partition coefficient (Wildman–Crippen LogP) is 4.10. The minimum atomic E-state index is -3.57. The maximum Gasteiger partial charge on any atom is 0.229 e. The first-order chi connectivity index (χ1) is 16.4. The molecule has 0 saturated carbocycles. The van der Waals surface area contributed by atoms with Gasteiger partial charge in [-0.15, -0.1) is 0 Å². The fraction of sp³-hybridized carbons (Fsp3) is 0.292. The molecule has 178 valence electrons. The zero-order chi connectivity index (χ0) is 24.1. The summed E-state index contributed by atoms with van der Waals surface area (Å²) in [6, 6.07) is 12.2. The average molecular weight is 499 g/mol. The van der Waals surface area contributed by atoms with Gasteiger partial charge < -0.3 is 9.30 Å². The van der Waals surface area contributed by atoms with Crippen LogP contribution in [0.3, 0.4) is 0 Å². The molecule has 1 amide bonds. The number of nitrogens with zero attached hydrogens (tertiary/aromatic N) is 4. The van der Waals surface area contributed by atoms with Gasteiger partial charge in [-0.3, -0.25) is 9.69 Å². The summed E-state index contributed by atoms with van der Waals surface area (Å²) in [5, 5.41) is 0.548. The highest BCUT2D eigenvalue weighted by molar-refractivity contribution is 7.91. The number of ether oxygens (including phenoxy) is 1. The Kier molecular flexibility index (Phi) is 7.28. The van der Waals surface area contributed by atoms with Gasteiger partial charge in [0.2, 0.25) is 5.91 Å². The van der Waals surface area contributed by atoms with Gasteiger partial charge in [0, 0.05) is 31.9 Å². The predicted molar refractivity (Wildman–Crippen MR) is 133 cm³/mol. The molecule has 0 aliphatic carbocycles. The number of hydrogen-bond acceptors (Lipinski definition) is 7. The monoisotopic (exact) mass is 498 g/mol. The number of anilines is 1. The maximum atomic E-state index is 13.3. The quantitative estimate of drug-likeness (QED) is 0.327. The molecule has 0 N–H and O–H groups in total. The summed E-state index contributed by atoms with van der Waals surface area (Å²) in [4.78, 5) is 23.8. The number of carbonyl (C=O) groups is 1. The molecule has 0 unspecified atom stereocenters. The third-order valence-corrected chi connectivity index (χ3v) is 8.21. The lowest BCUT2D eigenvalue weighted by Crippen LogP contribution is -2.33. The van der Waals surface area contributed by atoms with Crippen molar-refractivity contribution < 1.29 is 17.9 Å². The Hall–Kier alpha value is -3.24. The largest absolute Gasteiger partial charge is 0.497 e. The van der Waals surface area contributed by atoms with Gasteiger partial charge in [-0.05, 0) is 43.7 Å². The minimum Gasteiger partial charge on any atom is -0.497 e. The van der Waals surface area contributed by atoms with Crippen LogP contribution in [0.1, 0.15) is 18.4 Å². The van der Waals surface area contributed by atoms with E-state index in [-0.39, 0.29) is 23.0 Å². The van der Waals surface area contributed by atoms with Crippen LogP contribution in [0, 0.1) is 6.92 Å². The Morgan fingerprint density at radius 1 is 1.18 bits per heavy atom. The normalized spacial score (nSPS) is 11.6. The topological polar surface area (TPSA) is 94.4 Å². The van der Waals surface area contributed by atoms with Crippen molar-refractivity contribution in [3.63, 3.8) is 0 Å². The standard InChI is InChI=1S/C24H26N4O4S2/c1-18-4-7-20(8-5-18)34(30,31)15-10-23(29)28(13-3-12-27-14-11-25-17-27)24-26-21-9-6-19(32-2)16-22(21)33-24/h4-9,11,14,16-17H,3,10,12-13,15H2,1-2H3. The molecule has 0 fully saturated rings. The lowest BCUT2D eigenvalue weighted by Gasteiger charge is -2.20. The molecule has 8 nitrogen and oxygen atoms in total. The molecule has 0 atom stereocenters. The van der Waals surface area contributed by atoms with E-state index in [2.05, 4.69) is 9.97 Å². The Morgan fingerprint density at radius 3 is 2.68 bits per heavy atom. The van der Waals surface area contributed by atoms with E-state index in [1.54, 1.807) is 48.8 Å². The summed E-state index contributed by atoms with van der Waals surface area (Å²) in [7, 11) is -1.97. The lowest BCUT2D eigenvalue weighted by molar-refractivity contribution is -0.118. The van der Waals surface area contributed by atoms with Crippen molar-refractivity contribution in [2.45, 2.75) is 31.2 Å². The van der Waals surface area contributed by atoms with Gasteiger partial charge in [0.15, 0.2) is 15.0 Å². The molecule has 4 aromatic rings. The van der Waals surface area contributed by atoms with E-state index >= 15 is 0 Å². The van der Waals surface area contributed by atoms with Crippen molar-refractivity contribution in [1.29, 1.82) is 0 Å². The number of imidazole rings is 1. The first kappa shape index (κ1) is 23.9. The zero-order valence-corrected chi connectivity index (χ0v) is 20.7. The number of fused-ring (bicyclic) bond motifs is 1. The summed E-state index contributed by atoms with van der Waals surface area (Å²) in [6.07, 6.45) is 5.85. The molecule has 10 heteroatoms. The SMILES string of the molecule is COc1ccc2nc(N(CCCn3ccnc3)C(=O)CCS(=O)(=O)c3ccc(C)cc3)sc2c1. The van der Waals surface area contributed by atoms with Gasteiger partial charge in [-0.25, -0.2) is 18.4 Å². The molecule has 2 aromatic heterocycles. The molecule has 0 aliphatic rings. The van der Waals surface area contributed by atoms with Gasteiger partial charge >= 0.3 is 0 Å². The zero-order valence-electron chi connectivity index (χ0n) is 19.0. The number of amides is 1. The van der Waals surface area contributed by atoms with Crippen molar-refractivity contribution in [3.05, 3.63) is 66.7 Å². The van der Waals surface area contributed by atoms with Gasteiger partial charge in [0.1, 0.15) is 5.75 Å². The van der Waals surface area contributed by atoms with Crippen LogP contribution in [0.15, 0.2) is 66.1 Å². The molecule has 34 heavy (non-hydrogen) atoms. The molecule has 0 aliphatic heterocycles. The molecular formula is C24H26N4O4S2. The number of sulfone groups is 1. The van der Waals surface area contributed by atoms with Crippen LogP contribution in [0.2, 0.25) is 0 Å². The number of benzene rings is 2. The van der Waals surface area contributed by atoms with Crippen molar-refractivity contribution in [2.24, 2.45) is 0 Å². The van der Waals surface area contributed by atoms with E-state index in [0.717, 1.165) is 15.8 Å². The van der Waals surface area contributed by atoms with Gasteiger partial charge in [0.25, 0.3) is 0 Å². The summed E-state index contributed by atoms with van der Waals surface area (Å²) in [5.41, 5.74) is 1.74. The van der Waals surface area contributed by atoms with Gasteiger partial charge in [-0.1, -0.05) is 29.0 Å². The van der Waals surface area contributed by atoms with Crippen molar-refractivity contribution >= 4 is 42.4 Å². The molecule has 0 bridgehead atoms. The Morgan fingerprint density at radius 2 is 1.97 bits per heavy atom. The van der Waals surface area contributed by atoms with Crippen molar-refractivity contribution in [3.8, 4) is 5.75 Å². The van der Waals surface area contributed by atoms with E-state index in [0.29, 0.717) is 30.4 Å². The van der Waals surface area contributed by atoms with Crippen LogP contribution in [0.5, 0.6) is 5.75 Å². The minimum absolute atomic E-state index is 0.124. The molecule has 2 aromatic carbocycles. The number of methoxy groups -OCH3 is 1. The van der Waals surface area contributed by atoms with E-state index in [1.807, 2.05) is 35.9 Å². The van der Waals surface area contributed by atoms with Crippen molar-refractivity contribution in [2.75, 3.05) is 24.3 Å². The summed E-state index contributed by atoms with van der Waals surface area (Å²) < 4.78 is 33.7. The van der Waals surface area contributed by atoms with Crippen LogP contribution in [0.25, 0.3) is 10.2 Å². The summed E-state index contributed by atoms with van der Waals surface area (Å²) >= 11 is 1.39. The van der Waals surface area contributed by atoms with Crippen LogP contribution < -0.4 is 9.64 Å². The molecule has 2 heterocycles. The number of rotatable bonds is 10. The van der Waals surface area contributed by atoms with E-state index in [4.69, 9.17) is 4.74 Å². The molecule has 0 spiro atoms. The fourth-order valence-corrected chi connectivity index (χ4v) is 5.78. The second-order valence-electron chi connectivity index (χ2n) is 7.91. The van der Waals surface area contributed by atoms with Crippen LogP contribution in [-0.4, -0.2) is 48.3 Å². The summed E-state index contributed by atoms with van der Waals surface area (Å²) in [6.45, 7) is 3.00. The first-order valence-electron chi connectivity index (χ1n) is 10.9. The van der Waals surface area contributed by atoms with E-state index < -0.39 is 9.84 Å². The number of aromatic nitrogens is 3. The molecule has 4 rings (SSSR count). The second kappa shape index (κ2) is 10.4. The highest BCUT2D eigenvalue weighted by Crippen LogP contribution is 2.32. The molecular weight excluding hydrogens is 472 g/mol. The smallest absolute Gasteiger partial charge is 0.229 e. The van der Waals surface area contributed by atoms with Gasteiger partial charge in [-0.2, -0.15) is 0 Å². The Bertz CT molecular complexity index is 1360. The highest BCUT2D eigenvalue weighted by atomic mass is 32.2. The number of thiazole rings is 1. The highest BCUT2D eigenvalue weighted by Gasteiger charge is 2.23. The van der Waals surface area contributed by atoms with E-state index in [1.165, 1.54) is 11.3 Å². The third-order valence-electron chi connectivity index (χ3n) is 5.44. The first-order valence-corrected chi connectivity index (χ1v) is 13.3. The van der Waals surface area contributed by atoms with Crippen LogP contribution in [0.4, 0.5) is 5.13 Å². The second-order valence-corrected chi connectivity index (χ2v) is 11.0. The fourth-order valence-electron chi connectivity index (χ4n) is 3.51. The van der Waals surface area contributed by atoms with Crippen LogP contribution >= 0.6 is 11.3 Å². The number of aryl methyl sites for hydroxylation is 2. The number of carbonyl (C=O) groups excluding carboxylic acids is 1. The van der Waals surface area contributed by atoms with Crippen LogP contribution in [-0.2, 0) is 21.2 Å². The maximum absolute atomic E-state index is 13.3. The summed E-state index contributed by atoms with van der Waals surface area (Å²) in [5.74, 6) is 0.184. The third kappa shape index (κ3) is 5.63. The van der Waals surface area contributed by atoms with Crippen molar-refractivity contribution in [1.82, 2.24) is 14.5 Å². The molecule has 0 radical (unpaired) electrons. The van der Waals surface area contributed by atoms with Gasteiger partial charge in [0.05, 0.1) is 34.3 Å². The Labute approximate surface area is 202 Å². The Balaban J connectivity index is 1.52. The van der Waals surface area contributed by atoms with E-state index in [9.17, 15) is 13.2 Å². The molecule has 0 saturated heterocycles. The number of hydrogen-bond donors (Lipinski definition) is 0. The average Bonchev–Trinajstić information content (AvgIpc) is 3.50. The lowest BCUT2D eigenvalue weighted by atomic mass is 10.2.